The highest BCUT2D eigenvalue weighted by Gasteiger charge is 2.38. The first-order valence-corrected chi connectivity index (χ1v) is 8.73. The molecule has 2 aliphatic rings. The lowest BCUT2D eigenvalue weighted by molar-refractivity contribution is -0.140. The van der Waals surface area contributed by atoms with E-state index in [0.29, 0.717) is 12.6 Å². The lowest BCUT2D eigenvalue weighted by atomic mass is 9.98. The van der Waals surface area contributed by atoms with Crippen LogP contribution in [0.1, 0.15) is 15.9 Å². The molecule has 1 atom stereocenters. The lowest BCUT2D eigenvalue weighted by Gasteiger charge is -2.33. The number of nitrogens with one attached hydrogen (secondary N) is 2. The van der Waals surface area contributed by atoms with Gasteiger partial charge in [-0.3, -0.25) is 9.59 Å². The molecule has 0 unspecified atom stereocenters. The Morgan fingerprint density at radius 1 is 1.10 bits per heavy atom. The number of phenolic OH excluding ortho intramolecular Hbond substituents is 1. The van der Waals surface area contributed by atoms with Crippen LogP contribution in [0.25, 0.3) is 11.1 Å². The van der Waals surface area contributed by atoms with Crippen LogP contribution in [0, 0.1) is 5.82 Å². The number of carbonyl (C=O) groups is 2. The summed E-state index contributed by atoms with van der Waals surface area (Å²) < 4.78 is 53.8. The number of benzene rings is 2. The van der Waals surface area contributed by atoms with Crippen LogP contribution in [-0.2, 0) is 11.0 Å². The molecule has 2 heterocycles. The van der Waals surface area contributed by atoms with Gasteiger partial charge in [-0.2, -0.15) is 13.2 Å². The molecule has 2 aromatic rings. The van der Waals surface area contributed by atoms with Crippen molar-refractivity contribution in [2.45, 2.75) is 12.2 Å². The fourth-order valence-electron chi connectivity index (χ4n) is 3.58. The molecule has 10 heteroatoms. The standard InChI is InChI=1S/C19H15F4N3O3/c20-16-11(6-10(27)7-13(16)19(21,22)23)9-1-2-14-12(5-9)18(29)26-4-3-24-8-15(26)17(28)25-14/h1-2,5-7,15,24,27H,3-4,8H2,(H,25,28)/t15-/m0/s1. The Kier molecular flexibility index (Phi) is 4.45. The number of rotatable bonds is 1. The van der Waals surface area contributed by atoms with Crippen molar-refractivity contribution >= 4 is 17.5 Å². The molecule has 0 radical (unpaired) electrons. The van der Waals surface area contributed by atoms with E-state index in [-0.39, 0.29) is 35.8 Å². The summed E-state index contributed by atoms with van der Waals surface area (Å²) in [5.41, 5.74) is -1.91. The maximum Gasteiger partial charge on any atom is 0.419 e. The number of anilines is 1. The maximum absolute atomic E-state index is 14.6. The van der Waals surface area contributed by atoms with Gasteiger partial charge in [0.2, 0.25) is 5.91 Å². The molecule has 0 spiro atoms. The van der Waals surface area contributed by atoms with Gasteiger partial charge in [0.05, 0.1) is 16.8 Å². The molecule has 2 amide bonds. The quantitative estimate of drug-likeness (QED) is 0.633. The van der Waals surface area contributed by atoms with Gasteiger partial charge in [-0.05, 0) is 29.8 Å². The second-order valence-corrected chi connectivity index (χ2v) is 6.82. The Morgan fingerprint density at radius 3 is 2.59 bits per heavy atom. The summed E-state index contributed by atoms with van der Waals surface area (Å²) in [5.74, 6) is -3.19. The number of aromatic hydroxyl groups is 1. The van der Waals surface area contributed by atoms with Crippen LogP contribution in [0.2, 0.25) is 0 Å². The molecule has 29 heavy (non-hydrogen) atoms. The van der Waals surface area contributed by atoms with E-state index in [0.717, 1.165) is 6.07 Å². The smallest absolute Gasteiger partial charge is 0.419 e. The van der Waals surface area contributed by atoms with Gasteiger partial charge in [0, 0.05) is 25.2 Å². The second kappa shape index (κ2) is 6.73. The Balaban J connectivity index is 1.84. The third-order valence-electron chi connectivity index (χ3n) is 4.99. The summed E-state index contributed by atoms with van der Waals surface area (Å²) in [6, 6.07) is 4.29. The van der Waals surface area contributed by atoms with Crippen LogP contribution in [0.3, 0.4) is 0 Å². The molecule has 152 valence electrons. The summed E-state index contributed by atoms with van der Waals surface area (Å²) in [4.78, 5) is 26.7. The van der Waals surface area contributed by atoms with E-state index in [1.807, 2.05) is 0 Å². The molecule has 2 aliphatic heterocycles. The normalized spacial score (nSPS) is 19.3. The van der Waals surface area contributed by atoms with Gasteiger partial charge < -0.3 is 20.6 Å². The van der Waals surface area contributed by atoms with E-state index in [1.54, 1.807) is 0 Å². The Labute approximate surface area is 162 Å². The summed E-state index contributed by atoms with van der Waals surface area (Å²) in [6.07, 6.45) is -5.00. The predicted molar refractivity (Wildman–Crippen MR) is 94.8 cm³/mol. The van der Waals surface area contributed by atoms with Crippen LogP contribution >= 0.6 is 0 Å². The Hall–Kier alpha value is -3.14. The van der Waals surface area contributed by atoms with Gasteiger partial charge in [0.15, 0.2) is 0 Å². The van der Waals surface area contributed by atoms with Crippen LogP contribution in [0.4, 0.5) is 23.2 Å². The molecule has 0 bridgehead atoms. The van der Waals surface area contributed by atoms with Crippen LogP contribution in [0.15, 0.2) is 30.3 Å². The highest BCUT2D eigenvalue weighted by Crippen LogP contribution is 2.39. The van der Waals surface area contributed by atoms with Crippen LogP contribution in [-0.4, -0.2) is 47.5 Å². The van der Waals surface area contributed by atoms with E-state index in [2.05, 4.69) is 10.6 Å². The molecule has 4 rings (SSSR count). The molecule has 1 saturated heterocycles. The van der Waals surface area contributed by atoms with E-state index < -0.39 is 40.8 Å². The van der Waals surface area contributed by atoms with Gasteiger partial charge in [0.25, 0.3) is 5.91 Å². The molecule has 6 nitrogen and oxygen atoms in total. The van der Waals surface area contributed by atoms with Gasteiger partial charge in [0.1, 0.15) is 17.6 Å². The maximum atomic E-state index is 14.6. The summed E-state index contributed by atoms with van der Waals surface area (Å²) in [5, 5.41) is 15.3. The summed E-state index contributed by atoms with van der Waals surface area (Å²) in [7, 11) is 0. The first kappa shape index (κ1) is 19.2. The number of halogens is 4. The first-order chi connectivity index (χ1) is 13.7. The third-order valence-corrected chi connectivity index (χ3v) is 4.99. The zero-order chi connectivity index (χ0) is 20.9. The van der Waals surface area contributed by atoms with Crippen molar-refractivity contribution in [3.05, 3.63) is 47.3 Å². The minimum absolute atomic E-state index is 0.0289. The van der Waals surface area contributed by atoms with E-state index in [4.69, 9.17) is 0 Å². The van der Waals surface area contributed by atoms with Crippen molar-refractivity contribution in [3.63, 3.8) is 0 Å². The zero-order valence-corrected chi connectivity index (χ0v) is 14.8. The lowest BCUT2D eigenvalue weighted by Crippen LogP contribution is -2.57. The largest absolute Gasteiger partial charge is 0.508 e. The fourth-order valence-corrected chi connectivity index (χ4v) is 3.58. The molecular formula is C19H15F4N3O3. The van der Waals surface area contributed by atoms with Crippen molar-refractivity contribution < 1.29 is 32.3 Å². The molecule has 2 aromatic carbocycles. The highest BCUT2D eigenvalue weighted by atomic mass is 19.4. The number of hydrogen-bond acceptors (Lipinski definition) is 4. The Morgan fingerprint density at radius 2 is 1.86 bits per heavy atom. The monoisotopic (exact) mass is 409 g/mol. The van der Waals surface area contributed by atoms with Gasteiger partial charge in [-0.15, -0.1) is 0 Å². The average Bonchev–Trinajstić information content (AvgIpc) is 2.78. The minimum Gasteiger partial charge on any atom is -0.508 e. The number of phenols is 1. The number of nitrogens with zero attached hydrogens (tertiary/aromatic N) is 1. The van der Waals surface area contributed by atoms with Crippen LogP contribution in [0.5, 0.6) is 5.75 Å². The SMILES string of the molecule is O=C1Nc2ccc(-c3cc(O)cc(C(F)(F)F)c3F)cc2C(=O)N2CCNC[C@@H]12. The molecule has 0 aromatic heterocycles. The topological polar surface area (TPSA) is 81.7 Å². The number of hydrogen-bond donors (Lipinski definition) is 3. The molecule has 1 fully saturated rings. The number of piperazine rings is 1. The number of fused-ring (bicyclic) bond motifs is 2. The van der Waals surface area contributed by atoms with E-state index in [1.165, 1.54) is 23.1 Å². The summed E-state index contributed by atoms with van der Waals surface area (Å²) >= 11 is 0. The fraction of sp³-hybridized carbons (Fsp3) is 0.263. The first-order valence-electron chi connectivity index (χ1n) is 8.73. The van der Waals surface area contributed by atoms with Crippen molar-refractivity contribution in [3.8, 4) is 16.9 Å². The average molecular weight is 409 g/mol. The predicted octanol–water partition coefficient (Wildman–Crippen LogP) is 2.58. The van der Waals surface area contributed by atoms with E-state index >= 15 is 0 Å². The third kappa shape index (κ3) is 3.29. The van der Waals surface area contributed by atoms with Crippen molar-refractivity contribution in [1.82, 2.24) is 10.2 Å². The molecule has 3 N–H and O–H groups in total. The molecule has 0 aliphatic carbocycles. The zero-order valence-electron chi connectivity index (χ0n) is 14.8. The number of amides is 2. The van der Waals surface area contributed by atoms with Gasteiger partial charge in [-0.25, -0.2) is 4.39 Å². The van der Waals surface area contributed by atoms with Crippen molar-refractivity contribution in [2.24, 2.45) is 0 Å². The van der Waals surface area contributed by atoms with Crippen molar-refractivity contribution in [1.29, 1.82) is 0 Å². The van der Waals surface area contributed by atoms with Gasteiger partial charge >= 0.3 is 6.18 Å². The van der Waals surface area contributed by atoms with E-state index in [9.17, 15) is 32.3 Å². The van der Waals surface area contributed by atoms with Crippen LogP contribution < -0.4 is 10.6 Å². The second-order valence-electron chi connectivity index (χ2n) is 6.82. The number of alkyl halides is 3. The van der Waals surface area contributed by atoms with Crippen molar-refractivity contribution in [2.75, 3.05) is 25.0 Å². The number of carbonyl (C=O) groups excluding carboxylic acids is 2. The summed E-state index contributed by atoms with van der Waals surface area (Å²) in [6.45, 7) is 1.04. The van der Waals surface area contributed by atoms with Gasteiger partial charge in [-0.1, -0.05) is 6.07 Å². The Bertz CT molecular complexity index is 1020. The highest BCUT2D eigenvalue weighted by molar-refractivity contribution is 6.10. The molecule has 0 saturated carbocycles. The molecular weight excluding hydrogens is 394 g/mol. The minimum atomic E-state index is -5.00.